The highest BCUT2D eigenvalue weighted by atomic mass is 16.5. The molecule has 0 radical (unpaired) electrons. The number of ether oxygens (including phenoxy) is 1. The van der Waals surface area contributed by atoms with Crippen LogP contribution in [-0.2, 0) is 4.79 Å². The van der Waals surface area contributed by atoms with Crippen LogP contribution in [0.4, 0.5) is 16.3 Å². The first-order valence-corrected chi connectivity index (χ1v) is 8.62. The maximum absolute atomic E-state index is 12.8. The monoisotopic (exact) mass is 399 g/mol. The predicted octanol–water partition coefficient (Wildman–Crippen LogP) is 3.25. The van der Waals surface area contributed by atoms with Gasteiger partial charge in [0.1, 0.15) is 11.6 Å². The van der Waals surface area contributed by atoms with Crippen LogP contribution >= 0.6 is 0 Å². The molecule has 2 aromatic rings. The average Bonchev–Trinajstić information content (AvgIpc) is 2.67. The zero-order valence-electron chi connectivity index (χ0n) is 16.0. The standard InChI is InChI=1S/C20H21N3O6/c1-13(2)9-10-23(15-4-6-16(7-5-15)29-12-18(24)25)20(28)22-17-8-3-14(11-21-17)19(26)27/h3-9,11H,10,12H2,1-2H3,(H,24,25)(H,26,27)(H,21,22,28). The fourth-order valence-electron chi connectivity index (χ4n) is 2.22. The second kappa shape index (κ2) is 9.88. The number of carbonyl (C=O) groups excluding carboxylic acids is 1. The third-order valence-corrected chi connectivity index (χ3v) is 3.68. The Balaban J connectivity index is 2.18. The summed E-state index contributed by atoms with van der Waals surface area (Å²) in [6.07, 6.45) is 3.03. The number of aromatic carboxylic acids is 1. The Labute approximate surface area is 167 Å². The fourth-order valence-corrected chi connectivity index (χ4v) is 2.22. The molecule has 0 saturated heterocycles. The lowest BCUT2D eigenvalue weighted by atomic mass is 10.2. The van der Waals surface area contributed by atoms with Crippen molar-refractivity contribution in [3.8, 4) is 5.75 Å². The maximum Gasteiger partial charge on any atom is 0.341 e. The van der Waals surface area contributed by atoms with Crippen LogP contribution < -0.4 is 15.0 Å². The minimum Gasteiger partial charge on any atom is -0.482 e. The molecule has 0 aliphatic heterocycles. The van der Waals surface area contributed by atoms with E-state index >= 15 is 0 Å². The van der Waals surface area contributed by atoms with Gasteiger partial charge in [-0.15, -0.1) is 0 Å². The summed E-state index contributed by atoms with van der Waals surface area (Å²) in [5.74, 6) is -1.61. The van der Waals surface area contributed by atoms with Crippen LogP contribution in [0.15, 0.2) is 54.2 Å². The van der Waals surface area contributed by atoms with Crippen LogP contribution in [0.25, 0.3) is 0 Å². The molecule has 0 aliphatic rings. The third-order valence-electron chi connectivity index (χ3n) is 3.68. The summed E-state index contributed by atoms with van der Waals surface area (Å²) in [4.78, 5) is 39.6. The second-order valence-corrected chi connectivity index (χ2v) is 6.24. The fraction of sp³-hybridized carbons (Fsp3) is 0.200. The number of carboxylic acid groups (broad SMARTS) is 2. The minimum absolute atomic E-state index is 0.0151. The van der Waals surface area contributed by atoms with Crippen molar-refractivity contribution in [2.24, 2.45) is 0 Å². The van der Waals surface area contributed by atoms with Crippen molar-refractivity contribution in [3.05, 3.63) is 59.8 Å². The van der Waals surface area contributed by atoms with E-state index in [9.17, 15) is 14.4 Å². The molecule has 0 atom stereocenters. The SMILES string of the molecule is CC(C)=CCN(C(=O)Nc1ccc(C(=O)O)cn1)c1ccc(OCC(=O)O)cc1. The average molecular weight is 399 g/mol. The number of benzene rings is 1. The van der Waals surface area contributed by atoms with Gasteiger partial charge in [0.2, 0.25) is 0 Å². The van der Waals surface area contributed by atoms with Crippen molar-refractivity contribution >= 4 is 29.5 Å². The van der Waals surface area contributed by atoms with Crippen molar-refractivity contribution in [1.29, 1.82) is 0 Å². The number of urea groups is 1. The number of aliphatic carboxylic acids is 1. The molecule has 0 spiro atoms. The molecular weight excluding hydrogens is 378 g/mol. The van der Waals surface area contributed by atoms with E-state index in [0.717, 1.165) is 11.8 Å². The van der Waals surface area contributed by atoms with E-state index in [1.54, 1.807) is 24.3 Å². The van der Waals surface area contributed by atoms with Gasteiger partial charge in [0.15, 0.2) is 6.61 Å². The number of rotatable bonds is 8. The van der Waals surface area contributed by atoms with Crippen LogP contribution in [0.3, 0.4) is 0 Å². The number of hydrogen-bond donors (Lipinski definition) is 3. The molecule has 0 bridgehead atoms. The van der Waals surface area contributed by atoms with E-state index in [1.807, 2.05) is 19.9 Å². The van der Waals surface area contributed by atoms with Gasteiger partial charge < -0.3 is 14.9 Å². The van der Waals surface area contributed by atoms with Gasteiger partial charge in [-0.2, -0.15) is 0 Å². The Morgan fingerprint density at radius 2 is 1.79 bits per heavy atom. The molecular formula is C20H21N3O6. The van der Waals surface area contributed by atoms with Gasteiger partial charge in [-0.05, 0) is 50.2 Å². The van der Waals surface area contributed by atoms with E-state index in [1.165, 1.54) is 17.0 Å². The van der Waals surface area contributed by atoms with E-state index < -0.39 is 24.6 Å². The highest BCUT2D eigenvalue weighted by Crippen LogP contribution is 2.21. The first-order valence-electron chi connectivity index (χ1n) is 8.62. The Bertz CT molecular complexity index is 903. The normalized spacial score (nSPS) is 10.0. The largest absolute Gasteiger partial charge is 0.482 e. The number of carboxylic acids is 2. The molecule has 3 N–H and O–H groups in total. The molecule has 1 heterocycles. The van der Waals surface area contributed by atoms with Crippen LogP contribution in [0.5, 0.6) is 5.75 Å². The van der Waals surface area contributed by atoms with Gasteiger partial charge in [0.05, 0.1) is 5.56 Å². The molecule has 9 heteroatoms. The molecule has 1 aromatic heterocycles. The lowest BCUT2D eigenvalue weighted by Gasteiger charge is -2.22. The quantitative estimate of drug-likeness (QED) is 0.581. The summed E-state index contributed by atoms with van der Waals surface area (Å²) in [5.41, 5.74) is 1.60. The molecule has 9 nitrogen and oxygen atoms in total. The van der Waals surface area contributed by atoms with Gasteiger partial charge in [-0.1, -0.05) is 11.6 Å². The lowest BCUT2D eigenvalue weighted by Crippen LogP contribution is -2.35. The highest BCUT2D eigenvalue weighted by Gasteiger charge is 2.16. The van der Waals surface area contributed by atoms with Gasteiger partial charge in [-0.3, -0.25) is 10.2 Å². The summed E-state index contributed by atoms with van der Waals surface area (Å²) in [6.45, 7) is 3.65. The van der Waals surface area contributed by atoms with E-state index in [-0.39, 0.29) is 17.9 Å². The summed E-state index contributed by atoms with van der Waals surface area (Å²) >= 11 is 0. The van der Waals surface area contributed by atoms with Crippen molar-refractivity contribution in [2.75, 3.05) is 23.4 Å². The summed E-state index contributed by atoms with van der Waals surface area (Å²) in [6, 6.07) is 8.70. The van der Waals surface area contributed by atoms with Gasteiger partial charge in [0.25, 0.3) is 0 Å². The van der Waals surface area contributed by atoms with Gasteiger partial charge in [-0.25, -0.2) is 19.4 Å². The molecule has 152 valence electrons. The number of nitrogens with zero attached hydrogens (tertiary/aromatic N) is 2. The van der Waals surface area contributed by atoms with Crippen molar-refractivity contribution in [1.82, 2.24) is 4.98 Å². The summed E-state index contributed by atoms with van der Waals surface area (Å²) < 4.78 is 5.10. The zero-order valence-corrected chi connectivity index (χ0v) is 16.0. The van der Waals surface area contributed by atoms with Crippen LogP contribution in [0.2, 0.25) is 0 Å². The number of aromatic nitrogens is 1. The number of pyridine rings is 1. The van der Waals surface area contributed by atoms with Crippen molar-refractivity contribution < 1.29 is 29.3 Å². The molecule has 2 rings (SSSR count). The predicted molar refractivity (Wildman–Crippen MR) is 107 cm³/mol. The number of hydrogen-bond acceptors (Lipinski definition) is 5. The number of nitrogens with one attached hydrogen (secondary N) is 1. The molecule has 2 amide bonds. The molecule has 0 unspecified atom stereocenters. The van der Waals surface area contributed by atoms with Crippen molar-refractivity contribution in [2.45, 2.75) is 13.8 Å². The van der Waals surface area contributed by atoms with Crippen LogP contribution in [0, 0.1) is 0 Å². The first kappa shape index (κ1) is 21.4. The number of carbonyl (C=O) groups is 3. The van der Waals surface area contributed by atoms with Crippen LogP contribution in [0.1, 0.15) is 24.2 Å². The van der Waals surface area contributed by atoms with Gasteiger partial charge in [0, 0.05) is 18.4 Å². The Morgan fingerprint density at radius 3 is 2.31 bits per heavy atom. The summed E-state index contributed by atoms with van der Waals surface area (Å²) in [7, 11) is 0. The number of amides is 2. The second-order valence-electron chi connectivity index (χ2n) is 6.24. The molecule has 0 fully saturated rings. The zero-order chi connectivity index (χ0) is 21.4. The Morgan fingerprint density at radius 1 is 1.10 bits per heavy atom. The molecule has 1 aromatic carbocycles. The smallest absolute Gasteiger partial charge is 0.341 e. The molecule has 0 aliphatic carbocycles. The Hall–Kier alpha value is -3.88. The highest BCUT2D eigenvalue weighted by molar-refractivity contribution is 6.01. The van der Waals surface area contributed by atoms with E-state index in [2.05, 4.69) is 10.3 Å². The maximum atomic E-state index is 12.8. The summed E-state index contributed by atoms with van der Waals surface area (Å²) in [5, 5.41) is 20.2. The number of anilines is 2. The van der Waals surface area contributed by atoms with Crippen LogP contribution in [-0.4, -0.2) is 46.3 Å². The van der Waals surface area contributed by atoms with E-state index in [0.29, 0.717) is 11.4 Å². The molecule has 29 heavy (non-hydrogen) atoms. The van der Waals surface area contributed by atoms with Crippen molar-refractivity contribution in [3.63, 3.8) is 0 Å². The topological polar surface area (TPSA) is 129 Å². The lowest BCUT2D eigenvalue weighted by molar-refractivity contribution is -0.139. The first-order chi connectivity index (χ1) is 13.8. The molecule has 0 saturated carbocycles. The van der Waals surface area contributed by atoms with E-state index in [4.69, 9.17) is 14.9 Å². The third kappa shape index (κ3) is 6.65. The number of allylic oxidation sites excluding steroid dienone is 1. The Kier molecular flexibility index (Phi) is 7.30. The minimum atomic E-state index is -1.11. The van der Waals surface area contributed by atoms with Gasteiger partial charge >= 0.3 is 18.0 Å².